The molecule has 2 aromatic rings. The molecule has 2 heterocycles. The Labute approximate surface area is 177 Å². The predicted molar refractivity (Wildman–Crippen MR) is 120 cm³/mol. The van der Waals surface area contributed by atoms with Crippen molar-refractivity contribution in [1.29, 1.82) is 0 Å². The third-order valence-corrected chi connectivity index (χ3v) is 6.70. The second-order valence-electron chi connectivity index (χ2n) is 8.88. The van der Waals surface area contributed by atoms with Crippen molar-refractivity contribution >= 4 is 35.5 Å². The van der Waals surface area contributed by atoms with Gasteiger partial charge < -0.3 is 0 Å². The molecule has 2 amide bonds. The van der Waals surface area contributed by atoms with Gasteiger partial charge >= 0.3 is 0 Å². The summed E-state index contributed by atoms with van der Waals surface area (Å²) in [6.45, 7) is 1.76. The number of hydrogen-bond acceptors (Lipinski definition) is 4. The van der Waals surface area contributed by atoms with E-state index in [1.54, 1.807) is 6.92 Å². The van der Waals surface area contributed by atoms with E-state index in [1.807, 2.05) is 18.2 Å². The largest absolute Gasteiger partial charge is 0.295 e. The third kappa shape index (κ3) is 4.35. The molecule has 0 radical (unpaired) electrons. The number of fused-ring (bicyclic) bond motifs is 1. The molecule has 1 saturated carbocycles. The Morgan fingerprint density at radius 3 is 2.40 bits per heavy atom. The first-order valence-corrected chi connectivity index (χ1v) is 11.4. The van der Waals surface area contributed by atoms with Crippen LogP contribution in [0.4, 0.5) is 0 Å². The molecular weight excluding hydrogens is 377 g/mol. The number of carbonyl (C=O) groups is 2. The smallest absolute Gasteiger partial charge is 0.261 e. The molecule has 1 aliphatic carbocycles. The van der Waals surface area contributed by atoms with Crippen LogP contribution in [0.1, 0.15) is 76.1 Å². The van der Waals surface area contributed by atoms with Gasteiger partial charge in [0.25, 0.3) is 5.56 Å². The molecule has 30 heavy (non-hydrogen) atoms. The number of nitrogens with one attached hydrogen (secondary N) is 1. The van der Waals surface area contributed by atoms with Gasteiger partial charge in [-0.25, -0.2) is 4.98 Å². The predicted octanol–water partition coefficient (Wildman–Crippen LogP) is 2.67. The quantitative estimate of drug-likeness (QED) is 0.627. The van der Waals surface area contributed by atoms with Crippen molar-refractivity contribution in [3.05, 3.63) is 34.4 Å². The van der Waals surface area contributed by atoms with Crippen LogP contribution in [0.15, 0.2) is 23.0 Å². The fraction of sp³-hybridized carbons (Fsp3) is 0.565. The van der Waals surface area contributed by atoms with Crippen molar-refractivity contribution in [2.75, 3.05) is 0 Å². The lowest BCUT2D eigenvalue weighted by molar-refractivity contribution is -0.135. The van der Waals surface area contributed by atoms with Crippen molar-refractivity contribution in [3.8, 4) is 0 Å². The number of rotatable bonds is 3. The zero-order valence-electron chi connectivity index (χ0n) is 17.8. The minimum absolute atomic E-state index is 0.161. The highest BCUT2D eigenvalue weighted by atomic mass is 16.2. The molecule has 1 aromatic carbocycles. The number of benzene rings is 1. The van der Waals surface area contributed by atoms with Gasteiger partial charge in [-0.05, 0) is 19.4 Å². The first-order chi connectivity index (χ1) is 14.5. The number of aromatic nitrogens is 2. The maximum Gasteiger partial charge on any atom is 0.261 e. The molecule has 0 bridgehead atoms. The lowest BCUT2D eigenvalue weighted by Crippen LogP contribution is -2.45. The van der Waals surface area contributed by atoms with Crippen LogP contribution in [0.2, 0.25) is 5.82 Å². The Hall–Kier alpha value is -2.44. The molecule has 4 rings (SSSR count). The molecule has 1 aromatic heterocycles. The summed E-state index contributed by atoms with van der Waals surface area (Å²) in [5, 5.41) is 3.00. The Morgan fingerprint density at radius 1 is 1.00 bits per heavy atom. The van der Waals surface area contributed by atoms with Crippen LogP contribution in [0.3, 0.4) is 0 Å². The number of hydrogen-bond donors (Lipinski definition) is 1. The number of carbonyl (C=O) groups excluding carboxylic acids is 2. The number of imide groups is 1. The van der Waals surface area contributed by atoms with E-state index in [9.17, 15) is 14.4 Å². The lowest BCUT2D eigenvalue weighted by Gasteiger charge is -2.25. The summed E-state index contributed by atoms with van der Waals surface area (Å²) in [6, 6.07) is 5.23. The van der Waals surface area contributed by atoms with Gasteiger partial charge in [0.05, 0.1) is 10.9 Å². The topological polar surface area (TPSA) is 81.1 Å². The fourth-order valence-electron chi connectivity index (χ4n) is 5.12. The summed E-state index contributed by atoms with van der Waals surface area (Å²) < 4.78 is 1.50. The normalized spacial score (nSPS) is 21.6. The summed E-state index contributed by atoms with van der Waals surface area (Å²) in [7, 11) is 0.882. The second kappa shape index (κ2) is 9.15. The van der Waals surface area contributed by atoms with E-state index in [2.05, 4.69) is 10.3 Å². The summed E-state index contributed by atoms with van der Waals surface area (Å²) in [4.78, 5) is 42.2. The van der Waals surface area contributed by atoms with E-state index < -0.39 is 11.9 Å². The number of piperidine rings is 1. The van der Waals surface area contributed by atoms with Crippen LogP contribution in [-0.2, 0) is 9.59 Å². The number of amides is 2. The Balaban J connectivity index is 1.71. The minimum Gasteiger partial charge on any atom is -0.295 e. The number of aryl methyl sites for hydroxylation is 1. The monoisotopic (exact) mass is 407 g/mol. The Kier molecular flexibility index (Phi) is 6.35. The lowest BCUT2D eigenvalue weighted by atomic mass is 9.55. The highest BCUT2D eigenvalue weighted by Crippen LogP contribution is 2.26. The zero-order valence-corrected chi connectivity index (χ0v) is 17.8. The van der Waals surface area contributed by atoms with E-state index in [-0.39, 0.29) is 17.9 Å². The first-order valence-electron chi connectivity index (χ1n) is 11.4. The highest BCUT2D eigenvalue weighted by molar-refractivity contribution is 6.58. The Bertz CT molecular complexity index is 1010. The van der Waals surface area contributed by atoms with Gasteiger partial charge in [-0.15, -0.1) is 0 Å². The van der Waals surface area contributed by atoms with E-state index >= 15 is 0 Å². The summed E-state index contributed by atoms with van der Waals surface area (Å²) in [5.41, 5.74) is 1.57. The molecule has 1 atom stereocenters. The van der Waals surface area contributed by atoms with Gasteiger partial charge in [0.2, 0.25) is 11.8 Å². The molecule has 1 N–H and O–H groups in total. The van der Waals surface area contributed by atoms with Crippen molar-refractivity contribution < 1.29 is 9.59 Å². The van der Waals surface area contributed by atoms with Crippen molar-refractivity contribution in [2.24, 2.45) is 0 Å². The van der Waals surface area contributed by atoms with Gasteiger partial charge in [0.1, 0.15) is 11.9 Å². The van der Waals surface area contributed by atoms with Crippen molar-refractivity contribution in [3.63, 3.8) is 0 Å². The standard InChI is InChI=1S/C23H30BN3O3/c1-15-25-18-12-8-11-17(24-16-9-6-4-2-3-5-7-10-16)21(18)23(30)27(15)19-13-14-20(28)26-22(19)29/h8,11-12,16,19,24H,2-7,9-10,13-14H2,1H3,(H,26,28,29)/t19-/m0/s1. The second-order valence-corrected chi connectivity index (χ2v) is 8.88. The van der Waals surface area contributed by atoms with Gasteiger partial charge in [-0.2, -0.15) is 0 Å². The summed E-state index contributed by atoms with van der Waals surface area (Å²) in [6.07, 6.45) is 10.8. The van der Waals surface area contributed by atoms with E-state index in [4.69, 9.17) is 0 Å². The average molecular weight is 407 g/mol. The van der Waals surface area contributed by atoms with E-state index in [1.165, 1.54) is 55.9 Å². The molecule has 0 unspecified atom stereocenters. The molecule has 158 valence electrons. The van der Waals surface area contributed by atoms with Crippen LogP contribution in [0.5, 0.6) is 0 Å². The van der Waals surface area contributed by atoms with Crippen LogP contribution in [0, 0.1) is 6.92 Å². The molecule has 6 nitrogen and oxygen atoms in total. The van der Waals surface area contributed by atoms with Crippen LogP contribution in [0.25, 0.3) is 10.9 Å². The van der Waals surface area contributed by atoms with E-state index in [0.717, 1.165) is 12.7 Å². The van der Waals surface area contributed by atoms with E-state index in [0.29, 0.717) is 29.0 Å². The van der Waals surface area contributed by atoms with Gasteiger partial charge in [0, 0.05) is 6.42 Å². The molecule has 7 heteroatoms. The summed E-state index contributed by atoms with van der Waals surface area (Å²) in [5.74, 6) is 0.406. The van der Waals surface area contributed by atoms with Crippen LogP contribution < -0.4 is 16.3 Å². The average Bonchev–Trinajstić information content (AvgIpc) is 2.83. The minimum atomic E-state index is -0.676. The SMILES string of the molecule is Cc1nc2cccc(BC3CCCCCCCC3)c2c(=O)n1[C@H]1CCC(=O)NC1=O. The number of nitrogens with zero attached hydrogens (tertiary/aromatic N) is 2. The summed E-state index contributed by atoms with van der Waals surface area (Å²) >= 11 is 0. The van der Waals surface area contributed by atoms with Gasteiger partial charge in [-0.3, -0.25) is 24.3 Å². The first kappa shape index (κ1) is 20.8. The van der Waals surface area contributed by atoms with Crippen LogP contribution in [-0.4, -0.2) is 28.6 Å². The Morgan fingerprint density at radius 2 is 1.70 bits per heavy atom. The molecule has 2 aliphatic rings. The molecular formula is C23H30BN3O3. The highest BCUT2D eigenvalue weighted by Gasteiger charge is 2.31. The van der Waals surface area contributed by atoms with Gasteiger partial charge in [0.15, 0.2) is 7.28 Å². The molecule has 1 aliphatic heterocycles. The molecule has 0 spiro atoms. The maximum absolute atomic E-state index is 13.6. The fourth-order valence-corrected chi connectivity index (χ4v) is 5.12. The van der Waals surface area contributed by atoms with Crippen molar-refractivity contribution in [1.82, 2.24) is 14.9 Å². The third-order valence-electron chi connectivity index (χ3n) is 6.70. The van der Waals surface area contributed by atoms with Crippen molar-refractivity contribution in [2.45, 2.75) is 83.0 Å². The molecule has 2 fully saturated rings. The maximum atomic E-state index is 13.6. The van der Waals surface area contributed by atoms with Crippen LogP contribution >= 0.6 is 0 Å². The van der Waals surface area contributed by atoms with Gasteiger partial charge in [-0.1, -0.05) is 74.8 Å². The zero-order chi connectivity index (χ0) is 21.1. The molecule has 1 saturated heterocycles.